The van der Waals surface area contributed by atoms with Crippen LogP contribution in [0.3, 0.4) is 0 Å². The number of aromatic amines is 1. The standard InChI is InChI=1S/C18H21N7O/c1-11-3-6-14(7-4-11)25-17(22-23-24-25)10-19-18(26)13-5-8-15-16(9-13)21-12(2)20-15/h3-4,6-7,13H,5,8-10H2,1-2H3,(H,19,26)(H,20,21). The first-order valence-corrected chi connectivity index (χ1v) is 8.76. The van der Waals surface area contributed by atoms with Gasteiger partial charge in [0.1, 0.15) is 5.82 Å². The first-order valence-electron chi connectivity index (χ1n) is 8.76. The Bertz CT molecular complexity index is 925. The van der Waals surface area contributed by atoms with Crippen LogP contribution in [0.4, 0.5) is 0 Å². The van der Waals surface area contributed by atoms with Crippen molar-refractivity contribution in [2.24, 2.45) is 5.92 Å². The third kappa shape index (κ3) is 3.22. The molecule has 4 rings (SSSR count). The number of imidazole rings is 1. The Morgan fingerprint density at radius 1 is 1.31 bits per heavy atom. The number of nitrogens with one attached hydrogen (secondary N) is 2. The number of amides is 1. The second-order valence-electron chi connectivity index (χ2n) is 6.75. The number of fused-ring (bicyclic) bond motifs is 1. The monoisotopic (exact) mass is 351 g/mol. The molecule has 0 fully saturated rings. The predicted molar refractivity (Wildman–Crippen MR) is 94.6 cm³/mol. The first kappa shape index (κ1) is 16.4. The summed E-state index contributed by atoms with van der Waals surface area (Å²) in [5, 5.41) is 14.8. The molecule has 1 amide bonds. The van der Waals surface area contributed by atoms with Crippen LogP contribution < -0.4 is 5.32 Å². The van der Waals surface area contributed by atoms with Crippen LogP contribution in [0.2, 0.25) is 0 Å². The highest BCUT2D eigenvalue weighted by Crippen LogP contribution is 2.24. The molecule has 134 valence electrons. The fourth-order valence-electron chi connectivity index (χ4n) is 3.36. The highest BCUT2D eigenvalue weighted by molar-refractivity contribution is 5.79. The van der Waals surface area contributed by atoms with Gasteiger partial charge in [-0.05, 0) is 49.2 Å². The van der Waals surface area contributed by atoms with Crippen molar-refractivity contribution in [2.45, 2.75) is 39.7 Å². The van der Waals surface area contributed by atoms with E-state index in [4.69, 9.17) is 0 Å². The van der Waals surface area contributed by atoms with Crippen molar-refractivity contribution in [3.63, 3.8) is 0 Å². The van der Waals surface area contributed by atoms with E-state index in [1.165, 1.54) is 5.56 Å². The average molecular weight is 351 g/mol. The molecule has 1 aromatic carbocycles. The van der Waals surface area contributed by atoms with Gasteiger partial charge < -0.3 is 10.3 Å². The average Bonchev–Trinajstić information content (AvgIpc) is 3.25. The highest BCUT2D eigenvalue weighted by atomic mass is 16.1. The third-order valence-electron chi connectivity index (χ3n) is 4.77. The molecule has 1 aliphatic rings. The minimum absolute atomic E-state index is 0.0290. The largest absolute Gasteiger partial charge is 0.348 e. The molecule has 8 nitrogen and oxygen atoms in total. The van der Waals surface area contributed by atoms with E-state index < -0.39 is 0 Å². The quantitative estimate of drug-likeness (QED) is 0.740. The summed E-state index contributed by atoms with van der Waals surface area (Å²) in [5.41, 5.74) is 4.22. The van der Waals surface area contributed by atoms with Crippen LogP contribution in [0.15, 0.2) is 24.3 Å². The Hall–Kier alpha value is -3.03. The highest BCUT2D eigenvalue weighted by Gasteiger charge is 2.27. The van der Waals surface area contributed by atoms with E-state index in [0.717, 1.165) is 35.7 Å². The van der Waals surface area contributed by atoms with Gasteiger partial charge in [-0.3, -0.25) is 4.79 Å². The molecule has 2 N–H and O–H groups in total. The first-order chi connectivity index (χ1) is 12.6. The van der Waals surface area contributed by atoms with Gasteiger partial charge in [0.25, 0.3) is 0 Å². The van der Waals surface area contributed by atoms with E-state index in [2.05, 4.69) is 30.8 Å². The van der Waals surface area contributed by atoms with Gasteiger partial charge >= 0.3 is 0 Å². The summed E-state index contributed by atoms with van der Waals surface area (Å²) < 4.78 is 1.65. The lowest BCUT2D eigenvalue weighted by atomic mass is 9.89. The molecule has 0 saturated carbocycles. The van der Waals surface area contributed by atoms with Crippen LogP contribution in [-0.4, -0.2) is 36.1 Å². The summed E-state index contributed by atoms with van der Waals surface area (Å²) in [7, 11) is 0. The van der Waals surface area contributed by atoms with Crippen LogP contribution >= 0.6 is 0 Å². The van der Waals surface area contributed by atoms with Crippen molar-refractivity contribution in [2.75, 3.05) is 0 Å². The van der Waals surface area contributed by atoms with Crippen LogP contribution in [0.1, 0.15) is 35.0 Å². The molecule has 0 saturated heterocycles. The van der Waals surface area contributed by atoms with Crippen molar-refractivity contribution < 1.29 is 4.79 Å². The lowest BCUT2D eigenvalue weighted by molar-refractivity contribution is -0.125. The zero-order valence-electron chi connectivity index (χ0n) is 14.9. The number of carbonyl (C=O) groups is 1. The van der Waals surface area contributed by atoms with Crippen molar-refractivity contribution in [3.8, 4) is 5.69 Å². The van der Waals surface area contributed by atoms with Crippen LogP contribution in [0.25, 0.3) is 5.69 Å². The van der Waals surface area contributed by atoms with Crippen LogP contribution in [-0.2, 0) is 24.2 Å². The molecule has 3 aromatic rings. The molecule has 0 bridgehead atoms. The zero-order chi connectivity index (χ0) is 18.1. The Kier molecular flexibility index (Phi) is 4.24. The maximum atomic E-state index is 12.6. The second-order valence-corrected chi connectivity index (χ2v) is 6.75. The molecule has 2 aromatic heterocycles. The number of rotatable bonds is 4. The number of carbonyl (C=O) groups excluding carboxylic acids is 1. The second kappa shape index (κ2) is 6.70. The predicted octanol–water partition coefficient (Wildman–Crippen LogP) is 1.42. The van der Waals surface area contributed by atoms with Crippen molar-refractivity contribution >= 4 is 5.91 Å². The minimum Gasteiger partial charge on any atom is -0.348 e. The number of tetrazole rings is 1. The summed E-state index contributed by atoms with van der Waals surface area (Å²) in [5.74, 6) is 1.50. The summed E-state index contributed by atoms with van der Waals surface area (Å²) in [4.78, 5) is 20.3. The normalized spacial score (nSPS) is 16.3. The van der Waals surface area contributed by atoms with Gasteiger partial charge in [0.2, 0.25) is 5.91 Å². The Balaban J connectivity index is 1.41. The van der Waals surface area contributed by atoms with E-state index in [-0.39, 0.29) is 11.8 Å². The molecule has 1 unspecified atom stereocenters. The molecule has 2 heterocycles. The molecule has 0 aliphatic heterocycles. The number of hydrogen-bond donors (Lipinski definition) is 2. The zero-order valence-corrected chi connectivity index (χ0v) is 14.9. The molecule has 0 spiro atoms. The molecule has 1 aliphatic carbocycles. The van der Waals surface area contributed by atoms with E-state index in [1.807, 2.05) is 38.1 Å². The van der Waals surface area contributed by atoms with E-state index in [1.54, 1.807) is 4.68 Å². The summed E-state index contributed by atoms with van der Waals surface area (Å²) in [6, 6.07) is 7.93. The molecule has 8 heteroatoms. The number of aryl methyl sites for hydroxylation is 3. The van der Waals surface area contributed by atoms with Gasteiger partial charge in [-0.1, -0.05) is 17.7 Å². The third-order valence-corrected chi connectivity index (χ3v) is 4.77. The smallest absolute Gasteiger partial charge is 0.223 e. The number of aromatic nitrogens is 6. The maximum Gasteiger partial charge on any atom is 0.223 e. The Labute approximate surface area is 151 Å². The number of nitrogens with zero attached hydrogens (tertiary/aromatic N) is 5. The maximum absolute atomic E-state index is 12.6. The van der Waals surface area contributed by atoms with Crippen molar-refractivity contribution in [3.05, 3.63) is 52.9 Å². The summed E-state index contributed by atoms with van der Waals surface area (Å²) in [6.45, 7) is 4.27. The van der Waals surface area contributed by atoms with Gasteiger partial charge in [-0.15, -0.1) is 5.10 Å². The van der Waals surface area contributed by atoms with Crippen molar-refractivity contribution in [1.82, 2.24) is 35.5 Å². The molecule has 1 atom stereocenters. The minimum atomic E-state index is -0.0499. The van der Waals surface area contributed by atoms with Crippen molar-refractivity contribution in [1.29, 1.82) is 0 Å². The van der Waals surface area contributed by atoms with Gasteiger partial charge in [0, 0.05) is 18.0 Å². The van der Waals surface area contributed by atoms with E-state index in [0.29, 0.717) is 18.8 Å². The van der Waals surface area contributed by atoms with E-state index >= 15 is 0 Å². The van der Waals surface area contributed by atoms with Gasteiger partial charge in [0.05, 0.1) is 17.9 Å². The number of hydrogen-bond acceptors (Lipinski definition) is 5. The Morgan fingerprint density at radius 3 is 2.92 bits per heavy atom. The SMILES string of the molecule is Cc1ccc(-n2nnnc2CNC(=O)C2CCc3nc(C)[nH]c3C2)cc1. The number of benzene rings is 1. The molecular formula is C18H21N7O. The molecular weight excluding hydrogens is 330 g/mol. The van der Waals surface area contributed by atoms with Crippen LogP contribution in [0.5, 0.6) is 0 Å². The lowest BCUT2D eigenvalue weighted by Crippen LogP contribution is -2.34. The molecule has 26 heavy (non-hydrogen) atoms. The van der Waals surface area contributed by atoms with Gasteiger partial charge in [-0.25, -0.2) is 4.98 Å². The Morgan fingerprint density at radius 2 is 2.12 bits per heavy atom. The number of H-pyrrole nitrogens is 1. The van der Waals surface area contributed by atoms with E-state index in [9.17, 15) is 4.79 Å². The fraction of sp³-hybridized carbons (Fsp3) is 0.389. The lowest BCUT2D eigenvalue weighted by Gasteiger charge is -2.20. The fourth-order valence-corrected chi connectivity index (χ4v) is 3.36. The summed E-state index contributed by atoms with van der Waals surface area (Å²) >= 11 is 0. The van der Waals surface area contributed by atoms with Gasteiger partial charge in [-0.2, -0.15) is 4.68 Å². The summed E-state index contributed by atoms with van der Waals surface area (Å²) in [6.07, 6.45) is 2.34. The van der Waals surface area contributed by atoms with Crippen LogP contribution in [0, 0.1) is 19.8 Å². The topological polar surface area (TPSA) is 101 Å². The molecule has 0 radical (unpaired) electrons. The van der Waals surface area contributed by atoms with Gasteiger partial charge in [0.15, 0.2) is 5.82 Å².